The van der Waals surface area contributed by atoms with Gasteiger partial charge in [-0.3, -0.25) is 0 Å². The molecule has 6 heteroatoms. The maximum Gasteiger partial charge on any atom is 0.378 e. The summed E-state index contributed by atoms with van der Waals surface area (Å²) in [6, 6.07) is 0. The number of hydrogen-bond acceptors (Lipinski definition) is 3. The number of halogens is 3. The van der Waals surface area contributed by atoms with Gasteiger partial charge in [0.1, 0.15) is 0 Å². The Balaban J connectivity index is 2.96. The normalized spacial score (nSPS) is 12.0. The number of hydrogen-bond donors (Lipinski definition) is 0. The Labute approximate surface area is 63.5 Å². The van der Waals surface area contributed by atoms with Crippen molar-refractivity contribution in [3.05, 3.63) is 11.7 Å². The van der Waals surface area contributed by atoms with E-state index >= 15 is 0 Å². The molecule has 0 radical (unpaired) electrons. The predicted molar refractivity (Wildman–Crippen MR) is 31.9 cm³/mol. The van der Waals surface area contributed by atoms with Crippen LogP contribution in [0.3, 0.4) is 0 Å². The van der Waals surface area contributed by atoms with Crippen LogP contribution in [0, 0.1) is 6.92 Å². The van der Waals surface area contributed by atoms with Crippen LogP contribution >= 0.6 is 15.9 Å². The van der Waals surface area contributed by atoms with Gasteiger partial charge in [-0.25, -0.2) is 0 Å². The lowest BCUT2D eigenvalue weighted by Gasteiger charge is -1.97. The summed E-state index contributed by atoms with van der Waals surface area (Å²) in [5.74, 6) is -0.529. The van der Waals surface area contributed by atoms with Crippen LogP contribution in [0.5, 0.6) is 0 Å². The van der Waals surface area contributed by atoms with Crippen LogP contribution in [0.25, 0.3) is 0 Å². The summed E-state index contributed by atoms with van der Waals surface area (Å²) >= 11 is 2.07. The van der Waals surface area contributed by atoms with Crippen molar-refractivity contribution in [1.29, 1.82) is 0 Å². The molecule has 0 aliphatic rings. The minimum absolute atomic E-state index is 0.189. The summed E-state index contributed by atoms with van der Waals surface area (Å²) in [7, 11) is 0. The van der Waals surface area contributed by atoms with Crippen LogP contribution in [-0.4, -0.2) is 10.1 Å². The summed E-state index contributed by atoms with van der Waals surface area (Å²) in [6.07, 6.45) is 0. The van der Waals surface area contributed by atoms with Gasteiger partial charge in [0, 0.05) is 15.9 Å². The van der Waals surface area contributed by atoms with E-state index < -0.39 is 10.7 Å². The zero-order chi connectivity index (χ0) is 7.78. The zero-order valence-electron chi connectivity index (χ0n) is 4.94. The van der Waals surface area contributed by atoms with Crippen LogP contribution in [0.4, 0.5) is 8.78 Å². The van der Waals surface area contributed by atoms with Gasteiger partial charge in [0.2, 0.25) is 0 Å². The van der Waals surface area contributed by atoms with E-state index in [1.54, 1.807) is 0 Å². The second kappa shape index (κ2) is 2.26. The summed E-state index contributed by atoms with van der Waals surface area (Å²) in [5, 5.41) is 3.19. The SMILES string of the molecule is Cc1noc(C(F)(F)Br)n1. The molecule has 0 N–H and O–H groups in total. The lowest BCUT2D eigenvalue weighted by atomic mass is 10.7. The molecule has 0 bridgehead atoms. The van der Waals surface area contributed by atoms with E-state index in [1.165, 1.54) is 6.92 Å². The van der Waals surface area contributed by atoms with E-state index in [4.69, 9.17) is 0 Å². The monoisotopic (exact) mass is 212 g/mol. The van der Waals surface area contributed by atoms with Crippen molar-refractivity contribution < 1.29 is 13.3 Å². The second-order valence-corrected chi connectivity index (χ2v) is 2.64. The Kier molecular flexibility index (Phi) is 1.72. The highest BCUT2D eigenvalue weighted by Gasteiger charge is 2.34. The molecule has 1 aromatic heterocycles. The highest BCUT2D eigenvalue weighted by Crippen LogP contribution is 2.32. The smallest absolute Gasteiger partial charge is 0.332 e. The Morgan fingerprint density at radius 3 is 2.40 bits per heavy atom. The molecule has 0 aliphatic carbocycles. The molecule has 0 fully saturated rings. The largest absolute Gasteiger partial charge is 0.378 e. The van der Waals surface area contributed by atoms with E-state index in [0.29, 0.717) is 0 Å². The standard InChI is InChI=1S/C4H3BrF2N2O/c1-2-8-3(10-9-2)4(5,6)7/h1H3. The van der Waals surface area contributed by atoms with Crippen molar-refractivity contribution in [2.45, 2.75) is 11.8 Å². The molecule has 0 aliphatic heterocycles. The van der Waals surface area contributed by atoms with Gasteiger partial charge < -0.3 is 4.52 Å². The summed E-state index contributed by atoms with van der Waals surface area (Å²) in [5.41, 5.74) is 0. The van der Waals surface area contributed by atoms with Crippen molar-refractivity contribution in [2.24, 2.45) is 0 Å². The Morgan fingerprint density at radius 1 is 1.60 bits per heavy atom. The van der Waals surface area contributed by atoms with Gasteiger partial charge >= 0.3 is 10.7 Å². The van der Waals surface area contributed by atoms with Crippen LogP contribution in [0.2, 0.25) is 0 Å². The van der Waals surface area contributed by atoms with Gasteiger partial charge in [-0.05, 0) is 6.92 Å². The molecule has 0 atom stereocenters. The first-order valence-corrected chi connectivity index (χ1v) is 3.17. The third-order valence-electron chi connectivity index (χ3n) is 0.770. The van der Waals surface area contributed by atoms with Crippen molar-refractivity contribution in [1.82, 2.24) is 10.1 Å². The summed E-state index contributed by atoms with van der Waals surface area (Å²) < 4.78 is 28.5. The molecule has 56 valence electrons. The molecule has 0 saturated carbocycles. The topological polar surface area (TPSA) is 38.9 Å². The van der Waals surface area contributed by atoms with E-state index in [2.05, 4.69) is 30.6 Å². The average molecular weight is 213 g/mol. The summed E-state index contributed by atoms with van der Waals surface area (Å²) in [4.78, 5) is 0.0933. The highest BCUT2D eigenvalue weighted by atomic mass is 79.9. The molecular weight excluding hydrogens is 210 g/mol. The molecular formula is C4H3BrF2N2O. The number of aromatic nitrogens is 2. The maximum absolute atomic E-state index is 12.2. The summed E-state index contributed by atoms with van der Waals surface area (Å²) in [6.45, 7) is 1.46. The fraction of sp³-hybridized carbons (Fsp3) is 0.500. The van der Waals surface area contributed by atoms with Gasteiger partial charge in [0.05, 0.1) is 0 Å². The first-order valence-electron chi connectivity index (χ1n) is 2.37. The van der Waals surface area contributed by atoms with Crippen LogP contribution < -0.4 is 0 Å². The van der Waals surface area contributed by atoms with Crippen LogP contribution in [-0.2, 0) is 4.83 Å². The van der Waals surface area contributed by atoms with Gasteiger partial charge in [-0.15, -0.1) is 0 Å². The van der Waals surface area contributed by atoms with Crippen molar-refractivity contribution in [2.75, 3.05) is 0 Å². The number of nitrogens with zero attached hydrogens (tertiary/aromatic N) is 2. The minimum Gasteiger partial charge on any atom is -0.332 e. The molecule has 3 nitrogen and oxygen atoms in total. The molecule has 0 aromatic carbocycles. The van der Waals surface area contributed by atoms with E-state index in [-0.39, 0.29) is 5.82 Å². The lowest BCUT2D eigenvalue weighted by molar-refractivity contribution is 0.0725. The van der Waals surface area contributed by atoms with Gasteiger partial charge in [0.15, 0.2) is 5.82 Å². The van der Waals surface area contributed by atoms with Gasteiger partial charge in [-0.2, -0.15) is 13.8 Å². The Hall–Kier alpha value is -0.520. The molecule has 1 aromatic rings. The number of alkyl halides is 3. The first-order chi connectivity index (χ1) is 4.50. The fourth-order valence-corrected chi connectivity index (χ4v) is 0.573. The van der Waals surface area contributed by atoms with Crippen molar-refractivity contribution >= 4 is 15.9 Å². The van der Waals surface area contributed by atoms with Crippen molar-refractivity contribution in [3.63, 3.8) is 0 Å². The van der Waals surface area contributed by atoms with Gasteiger partial charge in [0.25, 0.3) is 0 Å². The zero-order valence-corrected chi connectivity index (χ0v) is 6.52. The number of aryl methyl sites for hydroxylation is 1. The van der Waals surface area contributed by atoms with Crippen LogP contribution in [0.1, 0.15) is 11.7 Å². The fourth-order valence-electron chi connectivity index (χ4n) is 0.412. The van der Waals surface area contributed by atoms with E-state index in [9.17, 15) is 8.78 Å². The quantitative estimate of drug-likeness (QED) is 0.667. The predicted octanol–water partition coefficient (Wildman–Crippen LogP) is 1.82. The van der Waals surface area contributed by atoms with E-state index in [1.807, 2.05) is 0 Å². The third-order valence-corrected chi connectivity index (χ3v) is 1.11. The second-order valence-electron chi connectivity index (χ2n) is 1.64. The average Bonchev–Trinajstić information content (AvgIpc) is 2.11. The molecule has 1 heterocycles. The molecule has 0 amide bonds. The minimum atomic E-state index is -3.21. The first kappa shape index (κ1) is 7.59. The van der Waals surface area contributed by atoms with Gasteiger partial charge in [-0.1, -0.05) is 5.16 Å². The molecule has 0 unspecified atom stereocenters. The molecule has 0 saturated heterocycles. The maximum atomic E-state index is 12.2. The lowest BCUT2D eigenvalue weighted by Crippen LogP contribution is -2.02. The van der Waals surface area contributed by atoms with E-state index in [0.717, 1.165) is 0 Å². The Morgan fingerprint density at radius 2 is 2.20 bits per heavy atom. The third kappa shape index (κ3) is 1.50. The number of rotatable bonds is 1. The molecule has 0 spiro atoms. The molecule has 10 heavy (non-hydrogen) atoms. The Bertz CT molecular complexity index is 231. The molecule has 1 rings (SSSR count). The van der Waals surface area contributed by atoms with Crippen LogP contribution in [0.15, 0.2) is 4.52 Å². The highest BCUT2D eigenvalue weighted by molar-refractivity contribution is 9.09. The van der Waals surface area contributed by atoms with Crippen molar-refractivity contribution in [3.8, 4) is 0 Å².